The van der Waals surface area contributed by atoms with Crippen molar-refractivity contribution in [2.45, 2.75) is 26.6 Å². The fourth-order valence-corrected chi connectivity index (χ4v) is 2.65. The van der Waals surface area contributed by atoms with Crippen molar-refractivity contribution in [1.82, 2.24) is 9.78 Å². The second-order valence-electron chi connectivity index (χ2n) is 4.43. The molecule has 0 saturated carbocycles. The lowest BCUT2D eigenvalue weighted by molar-refractivity contribution is 0.274. The topological polar surface area (TPSA) is 47.3 Å². The zero-order valence-corrected chi connectivity index (χ0v) is 12.9. The number of aliphatic hydroxyl groups excluding tert-OH is 1. The molecule has 0 fully saturated rings. The molecule has 1 aromatic heterocycles. The molecule has 1 heterocycles. The van der Waals surface area contributed by atoms with Crippen LogP contribution in [0.1, 0.15) is 23.9 Å². The average Bonchev–Trinajstić information content (AvgIpc) is 2.70. The number of hydrogen-bond donors (Lipinski definition) is 1. The van der Waals surface area contributed by atoms with E-state index in [1.54, 1.807) is 10.7 Å². The first-order chi connectivity index (χ1) is 9.55. The number of hydrogen-bond acceptors (Lipinski definition) is 3. The molecule has 1 aromatic carbocycles. The lowest BCUT2D eigenvalue weighted by atomic mass is 10.2. The van der Waals surface area contributed by atoms with Gasteiger partial charge in [-0.05, 0) is 40.0 Å². The maximum absolute atomic E-state index is 13.3. The molecule has 2 rings (SSSR count). The second-order valence-corrected chi connectivity index (χ2v) is 5.22. The van der Waals surface area contributed by atoms with Crippen LogP contribution in [-0.4, -0.2) is 14.9 Å². The number of nitrogens with zero attached hydrogens (tertiary/aromatic N) is 2. The Bertz CT molecular complexity index is 613. The van der Waals surface area contributed by atoms with Crippen molar-refractivity contribution in [3.05, 3.63) is 45.4 Å². The van der Waals surface area contributed by atoms with Crippen LogP contribution >= 0.6 is 15.9 Å². The van der Waals surface area contributed by atoms with Gasteiger partial charge in [0, 0.05) is 13.1 Å². The standard InChI is InChI=1S/C14H16BrFN2O2/c1-3-12-14(15)13(18(2)17-12)8-20-11-5-9(7-19)4-10(16)6-11/h4-6,19H,3,7-8H2,1-2H3. The Morgan fingerprint density at radius 1 is 1.40 bits per heavy atom. The first-order valence-corrected chi connectivity index (χ1v) is 7.07. The SMILES string of the molecule is CCc1nn(C)c(COc2cc(F)cc(CO)c2)c1Br. The van der Waals surface area contributed by atoms with Crippen molar-refractivity contribution in [1.29, 1.82) is 0 Å². The van der Waals surface area contributed by atoms with Gasteiger partial charge in [0.2, 0.25) is 0 Å². The number of ether oxygens (including phenoxy) is 1. The Balaban J connectivity index is 2.16. The van der Waals surface area contributed by atoms with E-state index in [9.17, 15) is 4.39 Å². The molecule has 108 valence electrons. The summed E-state index contributed by atoms with van der Waals surface area (Å²) in [5.41, 5.74) is 2.33. The van der Waals surface area contributed by atoms with E-state index in [4.69, 9.17) is 9.84 Å². The van der Waals surface area contributed by atoms with Crippen LogP contribution in [0.5, 0.6) is 5.75 Å². The number of aryl methyl sites for hydroxylation is 2. The van der Waals surface area contributed by atoms with Gasteiger partial charge in [0.15, 0.2) is 0 Å². The molecule has 1 N–H and O–H groups in total. The van der Waals surface area contributed by atoms with Crippen LogP contribution in [-0.2, 0) is 26.7 Å². The minimum absolute atomic E-state index is 0.219. The number of benzene rings is 1. The molecule has 20 heavy (non-hydrogen) atoms. The van der Waals surface area contributed by atoms with E-state index in [1.807, 2.05) is 14.0 Å². The zero-order chi connectivity index (χ0) is 14.7. The first kappa shape index (κ1) is 15.0. The van der Waals surface area contributed by atoms with Gasteiger partial charge in [-0.15, -0.1) is 0 Å². The lowest BCUT2D eigenvalue weighted by Crippen LogP contribution is -2.04. The molecule has 6 heteroatoms. The maximum atomic E-state index is 13.3. The largest absolute Gasteiger partial charge is 0.487 e. The summed E-state index contributed by atoms with van der Waals surface area (Å²) in [5.74, 6) is -0.0370. The Labute approximate surface area is 125 Å². The molecule has 4 nitrogen and oxygen atoms in total. The summed E-state index contributed by atoms with van der Waals surface area (Å²) >= 11 is 3.50. The molecular formula is C14H16BrFN2O2. The highest BCUT2D eigenvalue weighted by atomic mass is 79.9. The molecule has 0 atom stereocenters. The number of rotatable bonds is 5. The third-order valence-corrected chi connectivity index (χ3v) is 3.91. The van der Waals surface area contributed by atoms with E-state index in [0.717, 1.165) is 22.3 Å². The summed E-state index contributed by atoms with van der Waals surface area (Å²) in [5, 5.41) is 13.4. The fourth-order valence-electron chi connectivity index (χ4n) is 1.92. The van der Waals surface area contributed by atoms with Crippen molar-refractivity contribution < 1.29 is 14.2 Å². The first-order valence-electron chi connectivity index (χ1n) is 6.28. The van der Waals surface area contributed by atoms with Crippen LogP contribution < -0.4 is 4.74 Å². The van der Waals surface area contributed by atoms with Crippen LogP contribution in [0, 0.1) is 5.82 Å². The third-order valence-electron chi connectivity index (χ3n) is 2.99. The summed E-state index contributed by atoms with van der Waals surface area (Å²) < 4.78 is 21.6. The Kier molecular flexibility index (Phi) is 4.77. The zero-order valence-electron chi connectivity index (χ0n) is 11.4. The van der Waals surface area contributed by atoms with Gasteiger partial charge in [-0.25, -0.2) is 4.39 Å². The molecule has 0 saturated heterocycles. The minimum Gasteiger partial charge on any atom is -0.487 e. The van der Waals surface area contributed by atoms with Crippen LogP contribution in [0.4, 0.5) is 4.39 Å². The van der Waals surface area contributed by atoms with Gasteiger partial charge in [0.1, 0.15) is 18.2 Å². The smallest absolute Gasteiger partial charge is 0.131 e. The van der Waals surface area contributed by atoms with E-state index in [2.05, 4.69) is 21.0 Å². The molecule has 0 aliphatic rings. The van der Waals surface area contributed by atoms with Gasteiger partial charge in [0.25, 0.3) is 0 Å². The van der Waals surface area contributed by atoms with Gasteiger partial charge >= 0.3 is 0 Å². The molecule has 0 aliphatic heterocycles. The normalized spacial score (nSPS) is 10.8. The predicted octanol–water partition coefficient (Wildman–Crippen LogP) is 2.96. The Morgan fingerprint density at radius 2 is 2.15 bits per heavy atom. The average molecular weight is 343 g/mol. The van der Waals surface area contributed by atoms with E-state index in [-0.39, 0.29) is 13.2 Å². The van der Waals surface area contributed by atoms with Gasteiger partial charge in [-0.2, -0.15) is 5.10 Å². The van der Waals surface area contributed by atoms with Crippen LogP contribution in [0.3, 0.4) is 0 Å². The third kappa shape index (κ3) is 3.19. The Hall–Kier alpha value is -1.40. The summed E-state index contributed by atoms with van der Waals surface area (Å²) in [6.07, 6.45) is 0.822. The summed E-state index contributed by atoms with van der Waals surface area (Å²) in [6.45, 7) is 2.08. The monoisotopic (exact) mass is 342 g/mol. The van der Waals surface area contributed by atoms with E-state index in [0.29, 0.717) is 11.3 Å². The fraction of sp³-hybridized carbons (Fsp3) is 0.357. The van der Waals surface area contributed by atoms with Crippen molar-refractivity contribution >= 4 is 15.9 Å². The van der Waals surface area contributed by atoms with E-state index >= 15 is 0 Å². The highest BCUT2D eigenvalue weighted by molar-refractivity contribution is 9.10. The Morgan fingerprint density at radius 3 is 2.75 bits per heavy atom. The summed E-state index contributed by atoms with van der Waals surface area (Å²) in [6, 6.07) is 4.19. The summed E-state index contributed by atoms with van der Waals surface area (Å²) in [4.78, 5) is 0. The molecule has 0 radical (unpaired) electrons. The van der Waals surface area contributed by atoms with Crippen LogP contribution in [0.25, 0.3) is 0 Å². The molecule has 0 spiro atoms. The molecule has 0 amide bonds. The molecule has 2 aromatic rings. The lowest BCUT2D eigenvalue weighted by Gasteiger charge is -2.08. The maximum Gasteiger partial charge on any atom is 0.131 e. The minimum atomic E-state index is -0.426. The van der Waals surface area contributed by atoms with Crippen molar-refractivity contribution in [2.24, 2.45) is 7.05 Å². The van der Waals surface area contributed by atoms with Crippen LogP contribution in [0.15, 0.2) is 22.7 Å². The van der Waals surface area contributed by atoms with Crippen molar-refractivity contribution in [3.8, 4) is 5.75 Å². The van der Waals surface area contributed by atoms with Crippen LogP contribution in [0.2, 0.25) is 0 Å². The van der Waals surface area contributed by atoms with Gasteiger partial charge < -0.3 is 9.84 Å². The highest BCUT2D eigenvalue weighted by Crippen LogP contribution is 2.24. The van der Waals surface area contributed by atoms with Gasteiger partial charge in [0.05, 0.1) is 22.5 Å². The van der Waals surface area contributed by atoms with Gasteiger partial charge in [-0.1, -0.05) is 6.92 Å². The van der Waals surface area contributed by atoms with Gasteiger partial charge in [-0.3, -0.25) is 4.68 Å². The molecule has 0 bridgehead atoms. The van der Waals surface area contributed by atoms with Crippen molar-refractivity contribution in [3.63, 3.8) is 0 Å². The number of aliphatic hydroxyl groups is 1. The molecular weight excluding hydrogens is 327 g/mol. The highest BCUT2D eigenvalue weighted by Gasteiger charge is 2.13. The molecule has 0 unspecified atom stereocenters. The molecule has 0 aliphatic carbocycles. The summed E-state index contributed by atoms with van der Waals surface area (Å²) in [7, 11) is 1.84. The van der Waals surface area contributed by atoms with Crippen molar-refractivity contribution in [2.75, 3.05) is 0 Å². The van der Waals surface area contributed by atoms with E-state index in [1.165, 1.54) is 12.1 Å². The number of halogens is 2. The quantitative estimate of drug-likeness (QED) is 0.908. The number of aromatic nitrogens is 2. The van der Waals surface area contributed by atoms with E-state index < -0.39 is 5.82 Å². The second kappa shape index (κ2) is 6.37. The predicted molar refractivity (Wildman–Crippen MR) is 76.9 cm³/mol.